The highest BCUT2D eigenvalue weighted by molar-refractivity contribution is 6.17. The van der Waals surface area contributed by atoms with Crippen molar-refractivity contribution in [2.24, 2.45) is 11.8 Å². The molecule has 0 aliphatic heterocycles. The van der Waals surface area contributed by atoms with Crippen molar-refractivity contribution in [2.75, 3.05) is 19.8 Å². The molecule has 1 aromatic rings. The van der Waals surface area contributed by atoms with Gasteiger partial charge in [-0.2, -0.15) is 0 Å². The van der Waals surface area contributed by atoms with Gasteiger partial charge in [-0.15, -0.1) is 0 Å². The molecule has 0 radical (unpaired) electrons. The van der Waals surface area contributed by atoms with Gasteiger partial charge in [0.1, 0.15) is 11.3 Å². The molecule has 0 saturated carbocycles. The maximum Gasteiger partial charge on any atom is 0.345 e. The molecule has 0 fully saturated rings. The van der Waals surface area contributed by atoms with Crippen LogP contribution < -0.4 is 4.74 Å². The van der Waals surface area contributed by atoms with Gasteiger partial charge < -0.3 is 14.2 Å². The molecular formula is C29H46O5. The van der Waals surface area contributed by atoms with E-state index >= 15 is 0 Å². The molecule has 0 bridgehead atoms. The van der Waals surface area contributed by atoms with Crippen molar-refractivity contribution < 1.29 is 23.8 Å². The fourth-order valence-electron chi connectivity index (χ4n) is 3.59. The second-order valence-corrected chi connectivity index (χ2v) is 9.01. The van der Waals surface area contributed by atoms with E-state index in [4.69, 9.17) is 14.2 Å². The topological polar surface area (TPSA) is 61.8 Å². The van der Waals surface area contributed by atoms with Crippen LogP contribution in [0.3, 0.4) is 0 Å². The lowest BCUT2D eigenvalue weighted by molar-refractivity contribution is -0.148. The zero-order valence-corrected chi connectivity index (χ0v) is 22.1. The van der Waals surface area contributed by atoms with E-state index < -0.39 is 11.9 Å². The number of esters is 2. The molecule has 2 unspecified atom stereocenters. The van der Waals surface area contributed by atoms with E-state index in [1.165, 1.54) is 0 Å². The Morgan fingerprint density at radius 1 is 0.765 bits per heavy atom. The molecule has 0 saturated heterocycles. The van der Waals surface area contributed by atoms with Gasteiger partial charge in [-0.1, -0.05) is 85.3 Å². The molecule has 0 aromatic heterocycles. The molecular weight excluding hydrogens is 428 g/mol. The zero-order chi connectivity index (χ0) is 25.2. The average Bonchev–Trinajstić information content (AvgIpc) is 2.86. The lowest BCUT2D eigenvalue weighted by Gasteiger charge is -2.17. The van der Waals surface area contributed by atoms with Crippen LogP contribution in [0.15, 0.2) is 29.8 Å². The highest BCUT2D eigenvalue weighted by Gasteiger charge is 2.24. The van der Waals surface area contributed by atoms with Crippen molar-refractivity contribution in [3.8, 4) is 5.75 Å². The predicted molar refractivity (Wildman–Crippen MR) is 139 cm³/mol. The summed E-state index contributed by atoms with van der Waals surface area (Å²) in [7, 11) is 0. The first-order chi connectivity index (χ1) is 16.5. The SMILES string of the molecule is CCCCC(CC)COC(=O)C(=Cc1ccc(OCCC)cc1)C(=O)OCC(CC)CCCC. The number of ether oxygens (including phenoxy) is 3. The van der Waals surface area contributed by atoms with Crippen molar-refractivity contribution in [3.05, 3.63) is 35.4 Å². The van der Waals surface area contributed by atoms with Gasteiger partial charge in [0.2, 0.25) is 0 Å². The number of hydrogen-bond donors (Lipinski definition) is 0. The highest BCUT2D eigenvalue weighted by atomic mass is 16.6. The van der Waals surface area contributed by atoms with Crippen LogP contribution in [0.25, 0.3) is 6.08 Å². The maximum atomic E-state index is 13.0. The van der Waals surface area contributed by atoms with Crippen LogP contribution in [0.5, 0.6) is 5.75 Å². The van der Waals surface area contributed by atoms with Crippen LogP contribution in [0.2, 0.25) is 0 Å². The second-order valence-electron chi connectivity index (χ2n) is 9.01. The quantitative estimate of drug-likeness (QED) is 0.0961. The Morgan fingerprint density at radius 3 is 1.68 bits per heavy atom. The average molecular weight is 475 g/mol. The minimum absolute atomic E-state index is 0.0575. The molecule has 0 spiro atoms. The fraction of sp³-hybridized carbons (Fsp3) is 0.655. The summed E-state index contributed by atoms with van der Waals surface area (Å²) in [5.74, 6) is 0.124. The zero-order valence-electron chi connectivity index (χ0n) is 22.1. The van der Waals surface area contributed by atoms with Crippen molar-refractivity contribution in [1.82, 2.24) is 0 Å². The van der Waals surface area contributed by atoms with Gasteiger partial charge in [-0.3, -0.25) is 0 Å². The lowest BCUT2D eigenvalue weighted by Crippen LogP contribution is -2.23. The molecule has 1 aromatic carbocycles. The third-order valence-electron chi connectivity index (χ3n) is 6.09. The summed E-state index contributed by atoms with van der Waals surface area (Å²) in [6.45, 7) is 11.8. The highest BCUT2D eigenvalue weighted by Crippen LogP contribution is 2.19. The van der Waals surface area contributed by atoms with Crippen molar-refractivity contribution in [2.45, 2.75) is 92.4 Å². The van der Waals surface area contributed by atoms with Crippen LogP contribution in [0.1, 0.15) is 98.0 Å². The molecule has 34 heavy (non-hydrogen) atoms. The first kappa shape index (κ1) is 29.7. The van der Waals surface area contributed by atoms with Gasteiger partial charge in [-0.25, -0.2) is 9.59 Å². The van der Waals surface area contributed by atoms with E-state index in [-0.39, 0.29) is 5.57 Å². The predicted octanol–water partition coefficient (Wildman–Crippen LogP) is 7.38. The Bertz CT molecular complexity index is 689. The summed E-state index contributed by atoms with van der Waals surface area (Å²) in [6.07, 6.45) is 10.8. The van der Waals surface area contributed by atoms with E-state index in [1.54, 1.807) is 6.08 Å². The van der Waals surface area contributed by atoms with E-state index in [1.807, 2.05) is 24.3 Å². The number of unbranched alkanes of at least 4 members (excludes halogenated alkanes) is 2. The third kappa shape index (κ3) is 11.7. The Hall–Kier alpha value is -2.30. The monoisotopic (exact) mass is 474 g/mol. The molecule has 1 rings (SSSR count). The fourth-order valence-corrected chi connectivity index (χ4v) is 3.59. The van der Waals surface area contributed by atoms with Gasteiger partial charge in [0.05, 0.1) is 19.8 Å². The minimum Gasteiger partial charge on any atom is -0.494 e. The standard InChI is InChI=1S/C29H46O5/c1-6-11-13-23(9-4)21-33-28(30)27(29(31)34-22-24(10-5)14-12-7-2)20-25-15-17-26(18-16-25)32-19-8-3/h15-18,20,23-24H,6-14,19,21-22H2,1-5H3. The minimum atomic E-state index is -0.618. The third-order valence-corrected chi connectivity index (χ3v) is 6.09. The molecule has 5 nitrogen and oxygen atoms in total. The number of carbonyl (C=O) groups is 2. The van der Waals surface area contributed by atoms with Crippen molar-refractivity contribution in [3.63, 3.8) is 0 Å². The van der Waals surface area contributed by atoms with Gasteiger partial charge in [0.25, 0.3) is 0 Å². The largest absolute Gasteiger partial charge is 0.494 e. The van der Waals surface area contributed by atoms with Crippen LogP contribution in [0, 0.1) is 11.8 Å². The van der Waals surface area contributed by atoms with E-state index in [0.717, 1.165) is 69.1 Å². The lowest BCUT2D eigenvalue weighted by atomic mass is 10.0. The summed E-state index contributed by atoms with van der Waals surface area (Å²) < 4.78 is 16.8. The van der Waals surface area contributed by atoms with Crippen molar-refractivity contribution in [1.29, 1.82) is 0 Å². The van der Waals surface area contributed by atoms with E-state index in [2.05, 4.69) is 34.6 Å². The normalized spacial score (nSPS) is 12.5. The molecule has 0 heterocycles. The summed E-state index contributed by atoms with van der Waals surface area (Å²) in [5, 5.41) is 0. The second kappa shape index (κ2) is 18.1. The van der Waals surface area contributed by atoms with Crippen LogP contribution in [-0.4, -0.2) is 31.8 Å². The van der Waals surface area contributed by atoms with Gasteiger partial charge in [-0.05, 0) is 54.9 Å². The van der Waals surface area contributed by atoms with Gasteiger partial charge >= 0.3 is 11.9 Å². The Kier molecular flexibility index (Phi) is 15.8. The number of benzene rings is 1. The number of carbonyl (C=O) groups excluding carboxylic acids is 2. The smallest absolute Gasteiger partial charge is 0.345 e. The van der Waals surface area contributed by atoms with Gasteiger partial charge in [0, 0.05) is 0 Å². The van der Waals surface area contributed by atoms with Crippen molar-refractivity contribution >= 4 is 18.0 Å². The molecule has 192 valence electrons. The Labute approximate surface area is 207 Å². The number of hydrogen-bond acceptors (Lipinski definition) is 5. The van der Waals surface area contributed by atoms with E-state index in [0.29, 0.717) is 31.7 Å². The van der Waals surface area contributed by atoms with Gasteiger partial charge in [0.15, 0.2) is 0 Å². The first-order valence-corrected chi connectivity index (χ1v) is 13.3. The summed E-state index contributed by atoms with van der Waals surface area (Å²) in [6, 6.07) is 7.34. The molecule has 0 N–H and O–H groups in total. The van der Waals surface area contributed by atoms with Crippen LogP contribution in [-0.2, 0) is 19.1 Å². The molecule has 0 amide bonds. The Morgan fingerprint density at radius 2 is 1.26 bits per heavy atom. The summed E-state index contributed by atoms with van der Waals surface area (Å²) >= 11 is 0. The molecule has 5 heteroatoms. The number of rotatable bonds is 18. The summed E-state index contributed by atoms with van der Waals surface area (Å²) in [4.78, 5) is 25.9. The molecule has 0 aliphatic carbocycles. The van der Waals surface area contributed by atoms with Crippen LogP contribution >= 0.6 is 0 Å². The summed E-state index contributed by atoms with van der Waals surface area (Å²) in [5.41, 5.74) is 0.668. The molecule has 2 atom stereocenters. The molecule has 0 aliphatic rings. The van der Waals surface area contributed by atoms with E-state index in [9.17, 15) is 9.59 Å². The first-order valence-electron chi connectivity index (χ1n) is 13.3. The maximum absolute atomic E-state index is 13.0. The van der Waals surface area contributed by atoms with Crippen LogP contribution in [0.4, 0.5) is 0 Å². The Balaban J connectivity index is 2.97.